The Morgan fingerprint density at radius 3 is 2.41 bits per heavy atom. The summed E-state index contributed by atoms with van der Waals surface area (Å²) in [4.78, 5) is 24.0. The summed E-state index contributed by atoms with van der Waals surface area (Å²) >= 11 is 0. The first-order valence-corrected chi connectivity index (χ1v) is 6.15. The molecule has 2 amide bonds. The van der Waals surface area contributed by atoms with E-state index in [-0.39, 0.29) is 24.5 Å². The Morgan fingerprint density at radius 2 is 2.00 bits per heavy atom. The van der Waals surface area contributed by atoms with E-state index in [0.29, 0.717) is 12.5 Å². The maximum atomic E-state index is 12.0. The van der Waals surface area contributed by atoms with Gasteiger partial charge in [-0.3, -0.25) is 4.79 Å². The van der Waals surface area contributed by atoms with E-state index in [2.05, 4.69) is 5.32 Å². The third-order valence-corrected chi connectivity index (χ3v) is 3.29. The predicted octanol–water partition coefficient (Wildman–Crippen LogP) is 1.68. The highest BCUT2D eigenvalue weighted by atomic mass is 16.4. The van der Waals surface area contributed by atoms with Gasteiger partial charge in [-0.2, -0.15) is 0 Å². The highest BCUT2D eigenvalue weighted by Crippen LogP contribution is 2.39. The fraction of sp³-hybridized carbons (Fsp3) is 0.833. The van der Waals surface area contributed by atoms with Crippen LogP contribution in [0.5, 0.6) is 0 Å². The summed E-state index contributed by atoms with van der Waals surface area (Å²) in [6.07, 6.45) is 2.31. The number of urea groups is 1. The number of aliphatic carboxylic acids is 1. The van der Waals surface area contributed by atoms with Gasteiger partial charge in [0, 0.05) is 18.6 Å². The summed E-state index contributed by atoms with van der Waals surface area (Å²) in [5, 5.41) is 11.6. The van der Waals surface area contributed by atoms with Gasteiger partial charge in [0.05, 0.1) is 6.42 Å². The number of hydrogen-bond acceptors (Lipinski definition) is 2. The van der Waals surface area contributed by atoms with Crippen LogP contribution in [-0.2, 0) is 4.79 Å². The van der Waals surface area contributed by atoms with Crippen molar-refractivity contribution in [2.45, 2.75) is 45.6 Å². The van der Waals surface area contributed by atoms with Crippen molar-refractivity contribution < 1.29 is 14.7 Å². The molecule has 1 rings (SSSR count). The zero-order valence-corrected chi connectivity index (χ0v) is 10.8. The quantitative estimate of drug-likeness (QED) is 0.744. The fourth-order valence-corrected chi connectivity index (χ4v) is 1.90. The summed E-state index contributed by atoms with van der Waals surface area (Å²) in [5.74, 6) is -0.317. The van der Waals surface area contributed by atoms with E-state index in [1.165, 1.54) is 4.90 Å². The minimum absolute atomic E-state index is 0.00881. The van der Waals surface area contributed by atoms with E-state index in [4.69, 9.17) is 5.11 Å². The molecule has 0 heterocycles. The van der Waals surface area contributed by atoms with Gasteiger partial charge in [0.25, 0.3) is 0 Å². The second-order valence-corrected chi connectivity index (χ2v) is 5.15. The molecule has 0 spiro atoms. The SMILES string of the molecule is CCN(CCC(=O)O)C(=O)NC(C)(C)C1CC1. The first-order valence-electron chi connectivity index (χ1n) is 6.15. The van der Waals surface area contributed by atoms with Crippen molar-refractivity contribution in [2.24, 2.45) is 5.92 Å². The molecule has 0 unspecified atom stereocenters. The molecule has 0 radical (unpaired) electrons. The number of carboxylic acid groups (broad SMARTS) is 1. The maximum absolute atomic E-state index is 12.0. The van der Waals surface area contributed by atoms with E-state index in [0.717, 1.165) is 12.8 Å². The molecule has 1 saturated carbocycles. The first kappa shape index (κ1) is 13.8. The number of amides is 2. The number of nitrogens with one attached hydrogen (secondary N) is 1. The van der Waals surface area contributed by atoms with Crippen LogP contribution < -0.4 is 5.32 Å². The second kappa shape index (κ2) is 5.38. The van der Waals surface area contributed by atoms with E-state index in [1.54, 1.807) is 0 Å². The van der Waals surface area contributed by atoms with Crippen molar-refractivity contribution in [3.8, 4) is 0 Å². The van der Waals surface area contributed by atoms with Crippen LogP contribution in [0.25, 0.3) is 0 Å². The molecule has 1 fully saturated rings. The monoisotopic (exact) mass is 242 g/mol. The molecule has 0 aliphatic heterocycles. The van der Waals surface area contributed by atoms with Crippen molar-refractivity contribution >= 4 is 12.0 Å². The van der Waals surface area contributed by atoms with Crippen LogP contribution in [-0.4, -0.2) is 40.6 Å². The minimum Gasteiger partial charge on any atom is -0.481 e. The molecule has 0 atom stereocenters. The van der Waals surface area contributed by atoms with Crippen molar-refractivity contribution in [3.63, 3.8) is 0 Å². The van der Waals surface area contributed by atoms with Gasteiger partial charge in [-0.25, -0.2) is 4.79 Å². The Hall–Kier alpha value is -1.26. The predicted molar refractivity (Wildman–Crippen MR) is 64.8 cm³/mol. The second-order valence-electron chi connectivity index (χ2n) is 5.15. The number of hydrogen-bond donors (Lipinski definition) is 2. The molecule has 5 nitrogen and oxygen atoms in total. The fourth-order valence-electron chi connectivity index (χ4n) is 1.90. The Labute approximate surface area is 102 Å². The van der Waals surface area contributed by atoms with Gasteiger partial charge in [0.2, 0.25) is 0 Å². The molecule has 98 valence electrons. The lowest BCUT2D eigenvalue weighted by molar-refractivity contribution is -0.137. The largest absolute Gasteiger partial charge is 0.481 e. The van der Waals surface area contributed by atoms with Crippen LogP contribution in [0.15, 0.2) is 0 Å². The number of rotatable bonds is 6. The Bertz CT molecular complexity index is 298. The molecule has 0 aromatic carbocycles. The lowest BCUT2D eigenvalue weighted by atomic mass is 9.99. The molecule has 5 heteroatoms. The van der Waals surface area contributed by atoms with Crippen molar-refractivity contribution in [2.75, 3.05) is 13.1 Å². The van der Waals surface area contributed by atoms with Gasteiger partial charge in [-0.1, -0.05) is 0 Å². The summed E-state index contributed by atoms with van der Waals surface area (Å²) in [6.45, 7) is 6.69. The molecule has 1 aliphatic carbocycles. The average Bonchev–Trinajstić information content (AvgIpc) is 3.00. The van der Waals surface area contributed by atoms with Crippen LogP contribution >= 0.6 is 0 Å². The van der Waals surface area contributed by atoms with Gasteiger partial charge < -0.3 is 15.3 Å². The molecule has 0 aromatic rings. The summed E-state index contributed by atoms with van der Waals surface area (Å²) in [5.41, 5.74) is -0.187. The van der Waals surface area contributed by atoms with Crippen LogP contribution in [0.4, 0.5) is 4.79 Å². The van der Waals surface area contributed by atoms with Gasteiger partial charge in [-0.05, 0) is 39.5 Å². The van der Waals surface area contributed by atoms with E-state index >= 15 is 0 Å². The maximum Gasteiger partial charge on any atom is 0.317 e. The number of nitrogens with zero attached hydrogens (tertiary/aromatic N) is 1. The summed E-state index contributed by atoms with van der Waals surface area (Å²) in [7, 11) is 0. The van der Waals surface area contributed by atoms with Crippen LogP contribution in [0, 0.1) is 5.92 Å². The normalized spacial score (nSPS) is 15.5. The van der Waals surface area contributed by atoms with Gasteiger partial charge in [0.15, 0.2) is 0 Å². The van der Waals surface area contributed by atoms with Crippen LogP contribution in [0.1, 0.15) is 40.0 Å². The van der Waals surface area contributed by atoms with Gasteiger partial charge in [0.1, 0.15) is 0 Å². The third-order valence-electron chi connectivity index (χ3n) is 3.29. The lowest BCUT2D eigenvalue weighted by Gasteiger charge is -2.30. The molecule has 0 saturated heterocycles. The molecule has 1 aliphatic rings. The number of carboxylic acids is 1. The van der Waals surface area contributed by atoms with E-state index in [1.807, 2.05) is 20.8 Å². The van der Waals surface area contributed by atoms with E-state index in [9.17, 15) is 9.59 Å². The lowest BCUT2D eigenvalue weighted by Crippen LogP contribution is -2.51. The van der Waals surface area contributed by atoms with Crippen LogP contribution in [0.2, 0.25) is 0 Å². The number of carbonyl (C=O) groups is 2. The van der Waals surface area contributed by atoms with Gasteiger partial charge >= 0.3 is 12.0 Å². The third kappa shape index (κ3) is 4.24. The van der Waals surface area contributed by atoms with Crippen molar-refractivity contribution in [1.82, 2.24) is 10.2 Å². The topological polar surface area (TPSA) is 69.6 Å². The molecule has 2 N–H and O–H groups in total. The van der Waals surface area contributed by atoms with Gasteiger partial charge in [-0.15, -0.1) is 0 Å². The summed E-state index contributed by atoms with van der Waals surface area (Å²) < 4.78 is 0. The highest BCUT2D eigenvalue weighted by molar-refractivity contribution is 5.76. The molecule has 0 bridgehead atoms. The Morgan fingerprint density at radius 1 is 1.41 bits per heavy atom. The molecular weight excluding hydrogens is 220 g/mol. The standard InChI is InChI=1S/C12H22N2O3/c1-4-14(8-7-10(15)16)11(17)13-12(2,3)9-5-6-9/h9H,4-8H2,1-3H3,(H,13,17)(H,15,16). The zero-order valence-electron chi connectivity index (χ0n) is 10.8. The minimum atomic E-state index is -0.877. The smallest absolute Gasteiger partial charge is 0.317 e. The van der Waals surface area contributed by atoms with Crippen molar-refractivity contribution in [1.29, 1.82) is 0 Å². The molecule has 17 heavy (non-hydrogen) atoms. The van der Waals surface area contributed by atoms with Crippen molar-refractivity contribution in [3.05, 3.63) is 0 Å². The zero-order chi connectivity index (χ0) is 13.1. The number of carbonyl (C=O) groups excluding carboxylic acids is 1. The first-order chi connectivity index (χ1) is 7.86. The average molecular weight is 242 g/mol. The molecule has 0 aromatic heterocycles. The van der Waals surface area contributed by atoms with Crippen LogP contribution in [0.3, 0.4) is 0 Å². The Balaban J connectivity index is 2.45. The highest BCUT2D eigenvalue weighted by Gasteiger charge is 2.39. The van der Waals surface area contributed by atoms with E-state index < -0.39 is 5.97 Å². The Kier molecular flexibility index (Phi) is 4.37. The summed E-state index contributed by atoms with van der Waals surface area (Å²) in [6, 6.07) is -0.161. The molecular formula is C12H22N2O3.